The minimum absolute atomic E-state index is 0.00598. The summed E-state index contributed by atoms with van der Waals surface area (Å²) in [6.07, 6.45) is -0.130. The van der Waals surface area contributed by atoms with Gasteiger partial charge in [0.15, 0.2) is 23.1 Å². The first-order valence-corrected chi connectivity index (χ1v) is 14.0. The molecule has 1 aliphatic rings. The molecule has 0 saturated heterocycles. The van der Waals surface area contributed by atoms with Crippen LogP contribution in [0, 0.1) is 0 Å². The van der Waals surface area contributed by atoms with Crippen LogP contribution in [0.4, 0.5) is 11.4 Å². The number of nitrogens with zero attached hydrogens (tertiary/aromatic N) is 2. The lowest BCUT2D eigenvalue weighted by Crippen LogP contribution is -2.18. The monoisotopic (exact) mass is 604 g/mol. The van der Waals surface area contributed by atoms with Gasteiger partial charge in [0.2, 0.25) is 12.6 Å². The van der Waals surface area contributed by atoms with Crippen molar-refractivity contribution in [3.05, 3.63) is 148 Å². The highest BCUT2D eigenvalue weighted by Crippen LogP contribution is 2.34. The van der Waals surface area contributed by atoms with Gasteiger partial charge in [0, 0.05) is 45.6 Å². The van der Waals surface area contributed by atoms with Crippen LogP contribution in [0.1, 0.15) is 54.0 Å². The van der Waals surface area contributed by atoms with E-state index in [9.17, 15) is 19.5 Å². The van der Waals surface area contributed by atoms with E-state index in [1.165, 1.54) is 18.2 Å². The smallest absolute Gasteiger partial charge is 0.231 e. The Morgan fingerprint density at radius 3 is 2.18 bits per heavy atom. The van der Waals surface area contributed by atoms with Gasteiger partial charge < -0.3 is 19.5 Å². The molecule has 1 atom stereocenters. The topological polar surface area (TPSA) is 106 Å². The van der Waals surface area contributed by atoms with Crippen LogP contribution in [0.5, 0.6) is 11.5 Å². The van der Waals surface area contributed by atoms with Gasteiger partial charge in [-0.25, -0.2) is 0 Å². The lowest BCUT2D eigenvalue weighted by molar-refractivity contribution is 0.0744. The number of rotatable bonds is 9. The predicted octanol–water partition coefficient (Wildman–Crippen LogP) is 6.61. The number of pyridine rings is 1. The van der Waals surface area contributed by atoms with E-state index < -0.39 is 23.5 Å². The molecule has 1 aromatic heterocycles. The Kier molecular flexibility index (Phi) is 7.93. The van der Waals surface area contributed by atoms with E-state index in [2.05, 4.69) is 4.98 Å². The number of hydrogen-bond donors (Lipinski definition) is 1. The van der Waals surface area contributed by atoms with Crippen LogP contribution in [0.15, 0.2) is 109 Å². The number of carbonyl (C=O) groups is 3. The highest BCUT2D eigenvalue weighted by Gasteiger charge is 2.28. The molecule has 4 aromatic carbocycles. The SMILES string of the molecule is CN(c1ccc(Cl)cc1)c1ccc(C(=O)c2ccc(C(=O)c3ccc4c(c3)OCO4)c(C(O)C(=O)c3ccccc3)c2)nc1. The second-order valence-corrected chi connectivity index (χ2v) is 10.5. The van der Waals surface area contributed by atoms with E-state index in [1.807, 2.05) is 24.1 Å². The Morgan fingerprint density at radius 2 is 1.45 bits per heavy atom. The van der Waals surface area contributed by atoms with Crippen molar-refractivity contribution in [2.45, 2.75) is 6.10 Å². The molecule has 0 spiro atoms. The maximum absolute atomic E-state index is 13.7. The Bertz CT molecular complexity index is 1870. The average Bonchev–Trinajstić information content (AvgIpc) is 3.55. The number of benzene rings is 4. The van der Waals surface area contributed by atoms with Crippen molar-refractivity contribution in [2.24, 2.45) is 0 Å². The fraction of sp³-hybridized carbons (Fsp3) is 0.0857. The van der Waals surface area contributed by atoms with Crippen molar-refractivity contribution in [2.75, 3.05) is 18.7 Å². The van der Waals surface area contributed by atoms with Crippen molar-refractivity contribution in [3.8, 4) is 11.5 Å². The van der Waals surface area contributed by atoms with Crippen molar-refractivity contribution in [1.82, 2.24) is 4.98 Å². The van der Waals surface area contributed by atoms with Crippen LogP contribution < -0.4 is 14.4 Å². The molecule has 0 amide bonds. The molecule has 9 heteroatoms. The Balaban J connectivity index is 1.33. The molecule has 0 fully saturated rings. The molecule has 2 heterocycles. The number of aliphatic hydroxyl groups excluding tert-OH is 1. The summed E-state index contributed by atoms with van der Waals surface area (Å²) in [6.45, 7) is 0.0474. The van der Waals surface area contributed by atoms with Crippen LogP contribution in [-0.4, -0.2) is 41.3 Å². The third kappa shape index (κ3) is 5.68. The summed E-state index contributed by atoms with van der Waals surface area (Å²) in [5, 5.41) is 11.9. The zero-order valence-electron chi connectivity index (χ0n) is 23.4. The maximum atomic E-state index is 13.7. The molecule has 1 N–H and O–H groups in total. The number of aromatic nitrogens is 1. The molecule has 1 unspecified atom stereocenters. The van der Waals surface area contributed by atoms with Crippen LogP contribution in [0.2, 0.25) is 5.02 Å². The van der Waals surface area contributed by atoms with Gasteiger partial charge in [0.05, 0.1) is 11.9 Å². The maximum Gasteiger partial charge on any atom is 0.231 e. The van der Waals surface area contributed by atoms with Crippen LogP contribution in [0.3, 0.4) is 0 Å². The van der Waals surface area contributed by atoms with E-state index in [4.69, 9.17) is 21.1 Å². The van der Waals surface area contributed by atoms with E-state index in [0.29, 0.717) is 16.5 Å². The number of aliphatic hydroxyl groups is 1. The fourth-order valence-corrected chi connectivity index (χ4v) is 5.04. The van der Waals surface area contributed by atoms with E-state index in [-0.39, 0.29) is 40.3 Å². The van der Waals surface area contributed by atoms with E-state index in [0.717, 1.165) is 11.4 Å². The molecule has 218 valence electrons. The van der Waals surface area contributed by atoms with Gasteiger partial charge in [0.25, 0.3) is 0 Å². The average molecular weight is 605 g/mol. The van der Waals surface area contributed by atoms with Crippen LogP contribution >= 0.6 is 11.6 Å². The highest BCUT2D eigenvalue weighted by atomic mass is 35.5. The van der Waals surface area contributed by atoms with E-state index >= 15 is 0 Å². The number of ether oxygens (including phenoxy) is 2. The summed E-state index contributed by atoms with van der Waals surface area (Å²) >= 11 is 6.00. The van der Waals surface area contributed by atoms with Gasteiger partial charge in [0.1, 0.15) is 11.8 Å². The van der Waals surface area contributed by atoms with E-state index in [1.54, 1.807) is 79.0 Å². The van der Waals surface area contributed by atoms with Crippen molar-refractivity contribution in [3.63, 3.8) is 0 Å². The summed E-state index contributed by atoms with van der Waals surface area (Å²) in [7, 11) is 1.87. The predicted molar refractivity (Wildman–Crippen MR) is 165 cm³/mol. The second-order valence-electron chi connectivity index (χ2n) is 10.1. The number of hydrogen-bond acceptors (Lipinski definition) is 8. The lowest BCUT2D eigenvalue weighted by atomic mass is 9.89. The van der Waals surface area contributed by atoms with Gasteiger partial charge in [-0.1, -0.05) is 48.0 Å². The zero-order chi connectivity index (χ0) is 30.8. The summed E-state index contributed by atoms with van der Waals surface area (Å²) in [4.78, 5) is 46.8. The molecule has 8 nitrogen and oxygen atoms in total. The van der Waals surface area contributed by atoms with Gasteiger partial charge >= 0.3 is 0 Å². The van der Waals surface area contributed by atoms with Gasteiger partial charge in [-0.2, -0.15) is 0 Å². The Labute approximate surface area is 258 Å². The molecule has 44 heavy (non-hydrogen) atoms. The Morgan fingerprint density at radius 1 is 0.773 bits per heavy atom. The zero-order valence-corrected chi connectivity index (χ0v) is 24.2. The van der Waals surface area contributed by atoms with Gasteiger partial charge in [-0.15, -0.1) is 0 Å². The number of carbonyl (C=O) groups excluding carboxylic acids is 3. The normalized spacial score (nSPS) is 12.4. The molecular weight excluding hydrogens is 580 g/mol. The summed E-state index contributed by atoms with van der Waals surface area (Å²) in [5.74, 6) is -0.567. The number of halogens is 1. The van der Waals surface area contributed by atoms with Crippen molar-refractivity contribution < 1.29 is 29.0 Å². The number of anilines is 2. The third-order valence-corrected chi connectivity index (χ3v) is 7.63. The van der Waals surface area contributed by atoms with Crippen molar-refractivity contribution in [1.29, 1.82) is 0 Å². The quantitative estimate of drug-likeness (QED) is 0.187. The fourth-order valence-electron chi connectivity index (χ4n) is 4.91. The van der Waals surface area contributed by atoms with Crippen molar-refractivity contribution >= 4 is 40.3 Å². The molecule has 5 aromatic rings. The molecule has 0 radical (unpaired) electrons. The van der Waals surface area contributed by atoms with Crippen LogP contribution in [0.25, 0.3) is 0 Å². The lowest BCUT2D eigenvalue weighted by Gasteiger charge is -2.19. The number of Topliss-reactive ketones (excluding diaryl/α,β-unsaturated/α-hetero) is 1. The van der Waals surface area contributed by atoms with Gasteiger partial charge in [-0.3, -0.25) is 19.4 Å². The molecule has 6 rings (SSSR count). The minimum atomic E-state index is -1.71. The summed E-state index contributed by atoms with van der Waals surface area (Å²) in [6, 6.07) is 28.0. The molecule has 0 saturated carbocycles. The van der Waals surface area contributed by atoms with Gasteiger partial charge in [-0.05, 0) is 66.7 Å². The third-order valence-electron chi connectivity index (χ3n) is 7.38. The molecule has 1 aliphatic heterocycles. The molecule has 0 bridgehead atoms. The highest BCUT2D eigenvalue weighted by molar-refractivity contribution is 6.30. The standard InChI is InChI=1S/C35H25ClN2O6/c1-38(25-11-9-24(36)10-12-25)26-13-15-29(37-19-26)33(40)22-7-14-27(32(39)23-8-16-30-31(18-23)44-20-43-30)28(17-22)35(42)34(41)21-5-3-2-4-6-21/h2-19,35,42H,20H2,1H3. The number of fused-ring (bicyclic) bond motifs is 1. The molecular formula is C35H25ClN2O6. The first kappa shape index (κ1) is 28.8. The summed E-state index contributed by atoms with van der Waals surface area (Å²) in [5.41, 5.74) is 2.57. The minimum Gasteiger partial charge on any atom is -0.454 e. The number of ketones is 3. The second kappa shape index (κ2) is 12.1. The Hall–Kier alpha value is -5.31. The summed E-state index contributed by atoms with van der Waals surface area (Å²) < 4.78 is 10.8. The first-order valence-electron chi connectivity index (χ1n) is 13.7. The first-order chi connectivity index (χ1) is 21.3. The largest absolute Gasteiger partial charge is 0.454 e. The molecule has 0 aliphatic carbocycles. The van der Waals surface area contributed by atoms with Crippen LogP contribution in [-0.2, 0) is 0 Å².